The summed E-state index contributed by atoms with van der Waals surface area (Å²) in [7, 11) is 0. The van der Waals surface area contributed by atoms with Gasteiger partial charge in [0.15, 0.2) is 0 Å². The van der Waals surface area contributed by atoms with Gasteiger partial charge in [-0.1, -0.05) is 60.7 Å². The Morgan fingerprint density at radius 1 is 0.964 bits per heavy atom. The van der Waals surface area contributed by atoms with Gasteiger partial charge in [0.05, 0.1) is 12.0 Å². The van der Waals surface area contributed by atoms with Crippen LogP contribution < -0.4 is 10.6 Å². The van der Waals surface area contributed by atoms with Gasteiger partial charge < -0.3 is 15.5 Å². The molecule has 2 atom stereocenters. The van der Waals surface area contributed by atoms with Crippen LogP contribution in [0.3, 0.4) is 0 Å². The highest BCUT2D eigenvalue weighted by molar-refractivity contribution is 5.81. The molecule has 5 heteroatoms. The fourth-order valence-electron chi connectivity index (χ4n) is 3.80. The van der Waals surface area contributed by atoms with Crippen molar-refractivity contribution in [2.24, 2.45) is 5.92 Å². The number of likely N-dealkylation sites (tertiary alicyclic amines) is 1. The van der Waals surface area contributed by atoms with Gasteiger partial charge in [0.25, 0.3) is 0 Å². The molecular formula is C23H29N3O2. The van der Waals surface area contributed by atoms with Gasteiger partial charge in [-0.15, -0.1) is 0 Å². The number of nitrogens with one attached hydrogen (secondary N) is 2. The van der Waals surface area contributed by atoms with E-state index in [1.807, 2.05) is 48.2 Å². The third kappa shape index (κ3) is 5.12. The molecule has 28 heavy (non-hydrogen) atoms. The van der Waals surface area contributed by atoms with Crippen LogP contribution in [0.5, 0.6) is 0 Å². The molecule has 1 heterocycles. The number of amides is 3. The lowest BCUT2D eigenvalue weighted by atomic mass is 9.88. The lowest BCUT2D eigenvalue weighted by Crippen LogP contribution is -2.50. The highest BCUT2D eigenvalue weighted by atomic mass is 16.2. The zero-order valence-electron chi connectivity index (χ0n) is 16.4. The minimum absolute atomic E-state index is 0.0149. The summed E-state index contributed by atoms with van der Waals surface area (Å²) in [4.78, 5) is 27.1. The normalized spacial score (nSPS) is 19.1. The first-order valence-corrected chi connectivity index (χ1v) is 10.1. The molecule has 1 saturated heterocycles. The molecule has 0 radical (unpaired) electrons. The summed E-state index contributed by atoms with van der Waals surface area (Å²) >= 11 is 0. The van der Waals surface area contributed by atoms with E-state index in [9.17, 15) is 9.59 Å². The minimum atomic E-state index is -0.168. The molecule has 1 fully saturated rings. The maximum Gasteiger partial charge on any atom is 0.317 e. The van der Waals surface area contributed by atoms with E-state index in [-0.39, 0.29) is 23.9 Å². The number of nitrogens with zero attached hydrogens (tertiary/aromatic N) is 1. The smallest absolute Gasteiger partial charge is 0.317 e. The maximum absolute atomic E-state index is 12.7. The van der Waals surface area contributed by atoms with E-state index in [0.29, 0.717) is 19.6 Å². The molecule has 1 aliphatic heterocycles. The zero-order valence-corrected chi connectivity index (χ0v) is 16.4. The van der Waals surface area contributed by atoms with Crippen molar-refractivity contribution in [3.05, 3.63) is 71.8 Å². The largest absolute Gasteiger partial charge is 0.355 e. The Morgan fingerprint density at radius 2 is 1.64 bits per heavy atom. The second-order valence-electron chi connectivity index (χ2n) is 7.22. The quantitative estimate of drug-likeness (QED) is 0.807. The van der Waals surface area contributed by atoms with Gasteiger partial charge in [0.2, 0.25) is 5.91 Å². The number of hydrogen-bond acceptors (Lipinski definition) is 2. The third-order valence-corrected chi connectivity index (χ3v) is 5.28. The first-order chi connectivity index (χ1) is 13.7. The average molecular weight is 380 g/mol. The highest BCUT2D eigenvalue weighted by Gasteiger charge is 2.35. The number of carbonyl (C=O) groups is 2. The summed E-state index contributed by atoms with van der Waals surface area (Å²) in [5.41, 5.74) is 2.33. The number of piperidine rings is 1. The van der Waals surface area contributed by atoms with Crippen LogP contribution in [0.2, 0.25) is 0 Å². The number of urea groups is 1. The predicted octanol–water partition coefficient (Wildman–Crippen LogP) is 3.53. The summed E-state index contributed by atoms with van der Waals surface area (Å²) in [6, 6.07) is 20.1. The van der Waals surface area contributed by atoms with Crippen molar-refractivity contribution in [3.8, 4) is 0 Å². The molecular weight excluding hydrogens is 350 g/mol. The molecule has 2 aromatic carbocycles. The van der Waals surface area contributed by atoms with Crippen molar-refractivity contribution in [2.75, 3.05) is 19.6 Å². The van der Waals surface area contributed by atoms with Crippen LogP contribution in [0.4, 0.5) is 4.79 Å². The number of hydrogen-bond donors (Lipinski definition) is 2. The second kappa shape index (κ2) is 9.93. The first-order valence-electron chi connectivity index (χ1n) is 10.1. The van der Waals surface area contributed by atoms with Crippen molar-refractivity contribution >= 4 is 11.9 Å². The zero-order chi connectivity index (χ0) is 19.8. The standard InChI is InChI=1S/C23H29N3O2/c1-2-24-23(28)26-17-20(13-14-21(26)19-11-7-4-8-12-19)22(27)25-16-15-18-9-5-3-6-10-18/h3-12,20-21H,2,13-17H2,1H3,(H,24,28)(H,25,27). The Balaban J connectivity index is 1.60. The maximum atomic E-state index is 12.7. The average Bonchev–Trinajstić information content (AvgIpc) is 2.75. The van der Waals surface area contributed by atoms with Crippen molar-refractivity contribution in [1.82, 2.24) is 15.5 Å². The molecule has 0 aliphatic carbocycles. The van der Waals surface area contributed by atoms with Gasteiger partial charge in [0.1, 0.15) is 0 Å². The molecule has 2 unspecified atom stereocenters. The molecule has 0 bridgehead atoms. The van der Waals surface area contributed by atoms with Crippen LogP contribution in [-0.4, -0.2) is 36.5 Å². The molecule has 0 aromatic heterocycles. The van der Waals surface area contributed by atoms with E-state index < -0.39 is 0 Å². The predicted molar refractivity (Wildman–Crippen MR) is 111 cm³/mol. The highest BCUT2D eigenvalue weighted by Crippen LogP contribution is 2.33. The molecule has 1 aliphatic rings. The Kier molecular flexibility index (Phi) is 7.06. The molecule has 148 valence electrons. The molecule has 3 rings (SSSR count). The SMILES string of the molecule is CCNC(=O)N1CC(C(=O)NCCc2ccccc2)CCC1c1ccccc1. The topological polar surface area (TPSA) is 61.4 Å². The number of rotatable bonds is 6. The van der Waals surface area contributed by atoms with Crippen molar-refractivity contribution < 1.29 is 9.59 Å². The fourth-order valence-corrected chi connectivity index (χ4v) is 3.80. The van der Waals surface area contributed by atoms with Crippen LogP contribution in [0.1, 0.15) is 36.9 Å². The van der Waals surface area contributed by atoms with Gasteiger partial charge in [0, 0.05) is 19.6 Å². The van der Waals surface area contributed by atoms with Crippen LogP contribution in [0.25, 0.3) is 0 Å². The molecule has 5 nitrogen and oxygen atoms in total. The van der Waals surface area contributed by atoms with E-state index in [2.05, 4.69) is 34.9 Å². The number of carbonyl (C=O) groups excluding carboxylic acids is 2. The summed E-state index contributed by atoms with van der Waals surface area (Å²) in [6.45, 7) is 3.54. The van der Waals surface area contributed by atoms with E-state index in [4.69, 9.17) is 0 Å². The summed E-state index contributed by atoms with van der Waals surface area (Å²) in [5, 5.41) is 5.94. The Labute approximate surface area is 167 Å². The van der Waals surface area contributed by atoms with Gasteiger partial charge >= 0.3 is 6.03 Å². The molecule has 2 aromatic rings. The second-order valence-corrected chi connectivity index (χ2v) is 7.22. The van der Waals surface area contributed by atoms with E-state index in [1.54, 1.807) is 0 Å². The van der Waals surface area contributed by atoms with Crippen molar-refractivity contribution in [1.29, 1.82) is 0 Å². The van der Waals surface area contributed by atoms with Crippen LogP contribution in [0, 0.1) is 5.92 Å². The van der Waals surface area contributed by atoms with E-state index in [0.717, 1.165) is 24.8 Å². The fraction of sp³-hybridized carbons (Fsp3) is 0.391. The monoisotopic (exact) mass is 379 g/mol. The Morgan fingerprint density at radius 3 is 2.32 bits per heavy atom. The Bertz CT molecular complexity index is 764. The summed E-state index contributed by atoms with van der Waals surface area (Å²) in [6.07, 6.45) is 2.39. The van der Waals surface area contributed by atoms with Crippen LogP contribution >= 0.6 is 0 Å². The minimum Gasteiger partial charge on any atom is -0.355 e. The lowest BCUT2D eigenvalue weighted by Gasteiger charge is -2.39. The summed E-state index contributed by atoms with van der Waals surface area (Å²) < 4.78 is 0. The van der Waals surface area contributed by atoms with Gasteiger partial charge in [-0.3, -0.25) is 4.79 Å². The summed E-state index contributed by atoms with van der Waals surface area (Å²) in [5.74, 6) is -0.130. The molecule has 3 amide bonds. The van der Waals surface area contributed by atoms with Gasteiger partial charge in [-0.25, -0.2) is 4.79 Å². The van der Waals surface area contributed by atoms with Crippen molar-refractivity contribution in [3.63, 3.8) is 0 Å². The van der Waals surface area contributed by atoms with Gasteiger partial charge in [-0.2, -0.15) is 0 Å². The number of benzene rings is 2. The molecule has 0 saturated carbocycles. The molecule has 2 N–H and O–H groups in total. The molecule has 0 spiro atoms. The van der Waals surface area contributed by atoms with E-state index >= 15 is 0 Å². The van der Waals surface area contributed by atoms with E-state index in [1.165, 1.54) is 5.56 Å². The third-order valence-electron chi connectivity index (χ3n) is 5.28. The Hall–Kier alpha value is -2.82. The first kappa shape index (κ1) is 19.9. The van der Waals surface area contributed by atoms with Crippen LogP contribution in [0.15, 0.2) is 60.7 Å². The van der Waals surface area contributed by atoms with Crippen molar-refractivity contribution in [2.45, 2.75) is 32.2 Å². The lowest BCUT2D eigenvalue weighted by molar-refractivity contribution is -0.126. The van der Waals surface area contributed by atoms with Crippen LogP contribution in [-0.2, 0) is 11.2 Å². The van der Waals surface area contributed by atoms with Gasteiger partial charge in [-0.05, 0) is 37.3 Å².